The van der Waals surface area contributed by atoms with Gasteiger partial charge in [-0.15, -0.1) is 0 Å². The Hall–Kier alpha value is -3.52. The fraction of sp³-hybridized carbons (Fsp3) is 0.304. The second-order valence-electron chi connectivity index (χ2n) is 7.66. The van der Waals surface area contributed by atoms with Crippen molar-refractivity contribution in [1.29, 1.82) is 0 Å². The molecule has 3 aromatic rings. The minimum absolute atomic E-state index is 0.133. The average Bonchev–Trinajstić information content (AvgIpc) is 2.79. The Morgan fingerprint density at radius 3 is 2.81 bits per heavy atom. The fourth-order valence-electron chi connectivity index (χ4n) is 3.95. The predicted molar refractivity (Wildman–Crippen MR) is 120 cm³/mol. The lowest BCUT2D eigenvalue weighted by molar-refractivity contribution is 0.0989. The first-order chi connectivity index (χ1) is 15.1. The Bertz CT molecular complexity index is 1090. The molecule has 0 amide bonds. The first kappa shape index (κ1) is 20.7. The molecule has 160 valence electrons. The van der Waals surface area contributed by atoms with Crippen molar-refractivity contribution in [3.05, 3.63) is 60.3 Å². The van der Waals surface area contributed by atoms with Crippen LogP contribution in [0.2, 0.25) is 0 Å². The van der Waals surface area contributed by atoms with E-state index in [4.69, 9.17) is 16.2 Å². The maximum absolute atomic E-state index is 13.2. The maximum atomic E-state index is 13.2. The number of carbonyl (C=O) groups excluding carboxylic acids is 1. The van der Waals surface area contributed by atoms with E-state index in [1.54, 1.807) is 50.1 Å². The molecule has 0 bridgehead atoms. The minimum atomic E-state index is -0.169. The third-order valence-electron chi connectivity index (χ3n) is 5.49. The number of piperidine rings is 1. The van der Waals surface area contributed by atoms with Crippen LogP contribution in [0.4, 0.5) is 11.4 Å². The van der Waals surface area contributed by atoms with Crippen molar-refractivity contribution < 1.29 is 9.53 Å². The summed E-state index contributed by atoms with van der Waals surface area (Å²) in [5.41, 5.74) is 15.9. The summed E-state index contributed by atoms with van der Waals surface area (Å²) in [5, 5.41) is 0. The number of hydrogen-bond acceptors (Lipinski definition) is 8. The Morgan fingerprint density at radius 2 is 2.00 bits per heavy atom. The second kappa shape index (κ2) is 9.09. The summed E-state index contributed by atoms with van der Waals surface area (Å²) in [6.45, 7) is 1.68. The van der Waals surface area contributed by atoms with Gasteiger partial charge in [0.05, 0.1) is 24.1 Å². The molecule has 4 rings (SSSR count). The van der Waals surface area contributed by atoms with E-state index in [2.05, 4.69) is 19.9 Å². The van der Waals surface area contributed by atoms with Crippen LogP contribution in [-0.2, 0) is 6.42 Å². The maximum Gasteiger partial charge on any atom is 0.187 e. The van der Waals surface area contributed by atoms with E-state index in [-0.39, 0.29) is 23.9 Å². The van der Waals surface area contributed by atoms with Gasteiger partial charge >= 0.3 is 0 Å². The SMILES string of the molecule is COc1ccncc1-c1ccc(N)c(C(=O)Cc2cnccc2N2CCC[C@H](N)C2)n1. The topological polar surface area (TPSA) is 120 Å². The summed E-state index contributed by atoms with van der Waals surface area (Å²) in [7, 11) is 1.58. The molecule has 4 heterocycles. The van der Waals surface area contributed by atoms with Crippen molar-refractivity contribution in [2.75, 3.05) is 30.8 Å². The number of ketones is 1. The van der Waals surface area contributed by atoms with E-state index in [0.717, 1.165) is 37.2 Å². The molecule has 0 aromatic carbocycles. The lowest BCUT2D eigenvalue weighted by Crippen LogP contribution is -2.43. The third kappa shape index (κ3) is 4.49. The molecule has 3 aromatic heterocycles. The summed E-state index contributed by atoms with van der Waals surface area (Å²) >= 11 is 0. The molecule has 0 radical (unpaired) electrons. The van der Waals surface area contributed by atoms with Crippen molar-refractivity contribution in [2.45, 2.75) is 25.3 Å². The zero-order valence-electron chi connectivity index (χ0n) is 17.5. The molecule has 1 atom stereocenters. The highest BCUT2D eigenvalue weighted by atomic mass is 16.5. The number of hydrogen-bond donors (Lipinski definition) is 2. The highest BCUT2D eigenvalue weighted by molar-refractivity contribution is 6.01. The Balaban J connectivity index is 1.63. The number of nitrogen functional groups attached to an aromatic ring is 1. The number of aromatic nitrogens is 3. The number of carbonyl (C=O) groups is 1. The van der Waals surface area contributed by atoms with Gasteiger partial charge in [-0.1, -0.05) is 0 Å². The fourth-order valence-corrected chi connectivity index (χ4v) is 3.95. The van der Waals surface area contributed by atoms with Gasteiger partial charge in [0.2, 0.25) is 0 Å². The lowest BCUT2D eigenvalue weighted by Gasteiger charge is -2.33. The van der Waals surface area contributed by atoms with E-state index in [1.807, 2.05) is 6.07 Å². The van der Waals surface area contributed by atoms with Crippen LogP contribution in [0.5, 0.6) is 5.75 Å². The standard InChI is InChI=1S/C23H26N6O2/c1-31-22-7-9-27-13-17(22)19-5-4-18(25)23(28-19)21(30)11-15-12-26-8-6-20(15)29-10-2-3-16(24)14-29/h4-9,12-13,16H,2-3,10-11,14,24-25H2,1H3/t16-/m0/s1. The highest BCUT2D eigenvalue weighted by Gasteiger charge is 2.22. The zero-order chi connectivity index (χ0) is 21.8. The molecule has 31 heavy (non-hydrogen) atoms. The summed E-state index contributed by atoms with van der Waals surface area (Å²) < 4.78 is 5.40. The van der Waals surface area contributed by atoms with Crippen LogP contribution in [0, 0.1) is 0 Å². The van der Waals surface area contributed by atoms with E-state index in [0.29, 0.717) is 22.7 Å². The highest BCUT2D eigenvalue weighted by Crippen LogP contribution is 2.29. The second-order valence-corrected chi connectivity index (χ2v) is 7.66. The van der Waals surface area contributed by atoms with Gasteiger partial charge < -0.3 is 21.1 Å². The smallest absolute Gasteiger partial charge is 0.187 e. The first-order valence-electron chi connectivity index (χ1n) is 10.3. The molecule has 8 heteroatoms. The van der Waals surface area contributed by atoms with E-state index < -0.39 is 0 Å². The van der Waals surface area contributed by atoms with Crippen molar-refractivity contribution in [1.82, 2.24) is 15.0 Å². The van der Waals surface area contributed by atoms with Crippen LogP contribution in [0.1, 0.15) is 28.9 Å². The number of rotatable bonds is 6. The first-order valence-corrected chi connectivity index (χ1v) is 10.3. The third-order valence-corrected chi connectivity index (χ3v) is 5.49. The van der Waals surface area contributed by atoms with Crippen LogP contribution in [0.3, 0.4) is 0 Å². The van der Waals surface area contributed by atoms with Gasteiger partial charge in [0.25, 0.3) is 0 Å². The number of Topliss-reactive ketones (excluding diaryl/α,β-unsaturated/α-hetero) is 1. The molecule has 0 unspecified atom stereocenters. The van der Waals surface area contributed by atoms with Crippen LogP contribution in [0.15, 0.2) is 49.1 Å². The largest absolute Gasteiger partial charge is 0.496 e. The van der Waals surface area contributed by atoms with Gasteiger partial charge in [-0.05, 0) is 37.1 Å². The summed E-state index contributed by atoms with van der Waals surface area (Å²) in [6, 6.07) is 7.27. The van der Waals surface area contributed by atoms with E-state index in [9.17, 15) is 4.79 Å². The molecule has 1 fully saturated rings. The van der Waals surface area contributed by atoms with Crippen LogP contribution in [0.25, 0.3) is 11.3 Å². The molecule has 0 saturated carbocycles. The van der Waals surface area contributed by atoms with Gasteiger partial charge in [0, 0.05) is 61.6 Å². The number of ether oxygens (including phenoxy) is 1. The summed E-state index contributed by atoms with van der Waals surface area (Å²) in [5.74, 6) is 0.458. The number of pyridine rings is 3. The molecule has 1 aliphatic heterocycles. The monoisotopic (exact) mass is 418 g/mol. The van der Waals surface area contributed by atoms with Gasteiger partial charge in [0.15, 0.2) is 5.78 Å². The summed E-state index contributed by atoms with van der Waals surface area (Å²) in [6.07, 6.45) is 8.97. The molecule has 0 aliphatic carbocycles. The van der Waals surface area contributed by atoms with E-state index in [1.165, 1.54) is 0 Å². The lowest BCUT2D eigenvalue weighted by atomic mass is 10.0. The van der Waals surface area contributed by atoms with Gasteiger partial charge in [-0.3, -0.25) is 14.8 Å². The van der Waals surface area contributed by atoms with Crippen molar-refractivity contribution >= 4 is 17.2 Å². The Labute approximate surface area is 181 Å². The van der Waals surface area contributed by atoms with Crippen molar-refractivity contribution in [3.8, 4) is 17.0 Å². The van der Waals surface area contributed by atoms with Crippen LogP contribution < -0.4 is 21.1 Å². The van der Waals surface area contributed by atoms with Gasteiger partial charge in [0.1, 0.15) is 11.4 Å². The number of anilines is 2. The minimum Gasteiger partial charge on any atom is -0.496 e. The molecule has 0 spiro atoms. The molecular formula is C23H26N6O2. The molecule has 4 N–H and O–H groups in total. The van der Waals surface area contributed by atoms with E-state index >= 15 is 0 Å². The van der Waals surface area contributed by atoms with Gasteiger partial charge in [-0.25, -0.2) is 4.98 Å². The van der Waals surface area contributed by atoms with Crippen molar-refractivity contribution in [3.63, 3.8) is 0 Å². The Kier molecular flexibility index (Phi) is 6.08. The normalized spacial score (nSPS) is 16.2. The van der Waals surface area contributed by atoms with Gasteiger partial charge in [-0.2, -0.15) is 0 Å². The van der Waals surface area contributed by atoms with Crippen LogP contribution in [-0.4, -0.2) is 47.0 Å². The van der Waals surface area contributed by atoms with Crippen LogP contribution >= 0.6 is 0 Å². The zero-order valence-corrected chi connectivity index (χ0v) is 17.5. The molecule has 1 aliphatic rings. The number of methoxy groups -OCH3 is 1. The predicted octanol–water partition coefficient (Wildman–Crippen LogP) is 2.48. The number of nitrogens with zero attached hydrogens (tertiary/aromatic N) is 4. The Morgan fingerprint density at radius 1 is 1.19 bits per heavy atom. The quantitative estimate of drug-likeness (QED) is 0.586. The average molecular weight is 419 g/mol. The van der Waals surface area contributed by atoms with Crippen molar-refractivity contribution in [2.24, 2.45) is 5.73 Å². The summed E-state index contributed by atoms with van der Waals surface area (Å²) in [4.78, 5) is 28.4. The molecule has 1 saturated heterocycles. The molecule has 8 nitrogen and oxygen atoms in total. The number of nitrogens with two attached hydrogens (primary N) is 2. The molecular weight excluding hydrogens is 392 g/mol.